The number of hydrogen-bond donors (Lipinski definition) is 2. The van der Waals surface area contributed by atoms with E-state index in [9.17, 15) is 23.1 Å². The molecule has 0 bridgehead atoms. The molecule has 23 heavy (non-hydrogen) atoms. The quantitative estimate of drug-likeness (QED) is 0.905. The first-order valence-electron chi connectivity index (χ1n) is 6.75. The van der Waals surface area contributed by atoms with E-state index < -0.39 is 23.9 Å². The number of alkyl halides is 3. The molecule has 5 nitrogen and oxygen atoms in total. The molecule has 0 saturated carbocycles. The molecule has 2 aromatic heterocycles. The number of aryl methyl sites for hydroxylation is 2. The van der Waals surface area contributed by atoms with Gasteiger partial charge < -0.3 is 14.8 Å². The van der Waals surface area contributed by atoms with Crippen molar-refractivity contribution < 1.29 is 27.5 Å². The van der Waals surface area contributed by atoms with Crippen molar-refractivity contribution in [2.24, 2.45) is 0 Å². The number of aliphatic hydroxyl groups excluding tert-OH is 1. The van der Waals surface area contributed by atoms with Crippen LogP contribution in [-0.4, -0.2) is 22.5 Å². The summed E-state index contributed by atoms with van der Waals surface area (Å²) in [7, 11) is 0. The number of carbonyl (C=O) groups excluding carboxylic acids is 1. The molecule has 1 amide bonds. The van der Waals surface area contributed by atoms with E-state index in [-0.39, 0.29) is 12.1 Å². The molecule has 2 heterocycles. The van der Waals surface area contributed by atoms with Gasteiger partial charge in [-0.25, -0.2) is 0 Å². The van der Waals surface area contributed by atoms with Gasteiger partial charge in [-0.05, 0) is 32.0 Å². The summed E-state index contributed by atoms with van der Waals surface area (Å²) in [6, 6.07) is 3.42. The number of rotatable bonds is 4. The summed E-state index contributed by atoms with van der Waals surface area (Å²) < 4.78 is 42.5. The van der Waals surface area contributed by atoms with Gasteiger partial charge in [0.2, 0.25) is 0 Å². The maximum atomic E-state index is 12.4. The predicted molar refractivity (Wildman–Crippen MR) is 74.7 cm³/mol. The van der Waals surface area contributed by atoms with E-state index >= 15 is 0 Å². The Bertz CT molecular complexity index is 693. The molecular weight excluding hydrogens is 313 g/mol. The lowest BCUT2D eigenvalue weighted by atomic mass is 10.1. The van der Waals surface area contributed by atoms with Gasteiger partial charge in [-0.3, -0.25) is 9.78 Å². The highest BCUT2D eigenvalue weighted by atomic mass is 19.4. The number of nitrogens with zero attached hydrogens (tertiary/aromatic N) is 1. The minimum atomic E-state index is -4.55. The number of hydrogen-bond acceptors (Lipinski definition) is 4. The van der Waals surface area contributed by atoms with Crippen LogP contribution in [0.5, 0.6) is 0 Å². The topological polar surface area (TPSA) is 75.4 Å². The van der Waals surface area contributed by atoms with E-state index in [2.05, 4.69) is 10.3 Å². The molecule has 1 unspecified atom stereocenters. The summed E-state index contributed by atoms with van der Waals surface area (Å²) in [4.78, 5) is 15.1. The number of pyridine rings is 1. The van der Waals surface area contributed by atoms with Crippen LogP contribution in [0.4, 0.5) is 13.2 Å². The van der Waals surface area contributed by atoms with Crippen molar-refractivity contribution >= 4 is 5.91 Å². The van der Waals surface area contributed by atoms with Crippen LogP contribution in [0.1, 0.15) is 39.2 Å². The number of aromatic nitrogens is 1. The molecule has 0 saturated heterocycles. The number of halogens is 3. The monoisotopic (exact) mass is 328 g/mol. The third kappa shape index (κ3) is 4.10. The Labute approximate surface area is 130 Å². The minimum Gasteiger partial charge on any atom is -0.466 e. The Hall–Kier alpha value is -2.35. The molecule has 0 aliphatic carbocycles. The SMILES string of the molecule is Cc1cc(C(O)CNC(=O)c2ccc(C(F)(F)F)nc2)c(C)o1. The first-order valence-corrected chi connectivity index (χ1v) is 6.75. The van der Waals surface area contributed by atoms with Crippen molar-refractivity contribution in [3.8, 4) is 0 Å². The Kier molecular flexibility index (Phi) is 4.74. The second-order valence-electron chi connectivity index (χ2n) is 5.02. The molecule has 2 N–H and O–H groups in total. The van der Waals surface area contributed by atoms with E-state index in [0.29, 0.717) is 17.1 Å². The smallest absolute Gasteiger partial charge is 0.433 e. The summed E-state index contributed by atoms with van der Waals surface area (Å²) in [5, 5.41) is 12.5. The highest BCUT2D eigenvalue weighted by molar-refractivity contribution is 5.93. The fourth-order valence-electron chi connectivity index (χ4n) is 2.08. The van der Waals surface area contributed by atoms with Crippen LogP contribution in [0, 0.1) is 13.8 Å². The molecule has 124 valence electrons. The summed E-state index contributed by atoms with van der Waals surface area (Å²) >= 11 is 0. The first kappa shape index (κ1) is 17.0. The van der Waals surface area contributed by atoms with Crippen molar-refractivity contribution in [2.75, 3.05) is 6.54 Å². The molecule has 0 aliphatic rings. The zero-order valence-electron chi connectivity index (χ0n) is 12.4. The molecule has 0 aliphatic heterocycles. The summed E-state index contributed by atoms with van der Waals surface area (Å²) in [6.07, 6.45) is -4.68. The van der Waals surface area contributed by atoms with E-state index in [1.165, 1.54) is 0 Å². The van der Waals surface area contributed by atoms with Gasteiger partial charge in [-0.15, -0.1) is 0 Å². The van der Waals surface area contributed by atoms with Gasteiger partial charge in [-0.1, -0.05) is 0 Å². The van der Waals surface area contributed by atoms with Crippen molar-refractivity contribution in [1.29, 1.82) is 0 Å². The third-order valence-electron chi connectivity index (χ3n) is 3.21. The van der Waals surface area contributed by atoms with Gasteiger partial charge in [0.25, 0.3) is 5.91 Å². The van der Waals surface area contributed by atoms with E-state index in [1.807, 2.05) is 0 Å². The van der Waals surface area contributed by atoms with Crippen molar-refractivity contribution in [3.05, 3.63) is 52.7 Å². The molecule has 2 aromatic rings. The average Bonchev–Trinajstić information content (AvgIpc) is 2.82. The fourth-order valence-corrected chi connectivity index (χ4v) is 2.08. The zero-order chi connectivity index (χ0) is 17.2. The number of nitrogens with one attached hydrogen (secondary N) is 1. The van der Waals surface area contributed by atoms with Crippen LogP contribution in [0.3, 0.4) is 0 Å². The second kappa shape index (κ2) is 6.41. The van der Waals surface area contributed by atoms with Crippen molar-refractivity contribution in [3.63, 3.8) is 0 Å². The molecule has 0 aromatic carbocycles. The maximum absolute atomic E-state index is 12.4. The minimum absolute atomic E-state index is 0.0229. The lowest BCUT2D eigenvalue weighted by Gasteiger charge is -2.11. The van der Waals surface area contributed by atoms with Crippen LogP contribution in [0.25, 0.3) is 0 Å². The number of carbonyl (C=O) groups is 1. The molecule has 0 radical (unpaired) electrons. The lowest BCUT2D eigenvalue weighted by Crippen LogP contribution is -2.28. The fraction of sp³-hybridized carbons (Fsp3) is 0.333. The summed E-state index contributed by atoms with van der Waals surface area (Å²) in [5.41, 5.74) is -0.544. The van der Waals surface area contributed by atoms with Crippen molar-refractivity contribution in [2.45, 2.75) is 26.1 Å². The lowest BCUT2D eigenvalue weighted by molar-refractivity contribution is -0.141. The Morgan fingerprint density at radius 2 is 2.09 bits per heavy atom. The Balaban J connectivity index is 1.98. The Morgan fingerprint density at radius 1 is 1.39 bits per heavy atom. The van der Waals surface area contributed by atoms with Gasteiger partial charge in [0.15, 0.2) is 0 Å². The largest absolute Gasteiger partial charge is 0.466 e. The standard InChI is InChI=1S/C15H15F3N2O3/c1-8-5-11(9(2)23-8)12(21)7-20-14(22)10-3-4-13(19-6-10)15(16,17)18/h3-6,12,21H,7H2,1-2H3,(H,20,22). The highest BCUT2D eigenvalue weighted by Crippen LogP contribution is 2.27. The van der Waals surface area contributed by atoms with Gasteiger partial charge in [0.05, 0.1) is 11.7 Å². The zero-order valence-corrected chi connectivity index (χ0v) is 12.4. The maximum Gasteiger partial charge on any atom is 0.433 e. The Morgan fingerprint density at radius 3 is 2.57 bits per heavy atom. The molecule has 1 atom stereocenters. The molecule has 0 spiro atoms. The average molecular weight is 328 g/mol. The van der Waals surface area contributed by atoms with Gasteiger partial charge >= 0.3 is 6.18 Å². The van der Waals surface area contributed by atoms with E-state index in [1.54, 1.807) is 19.9 Å². The van der Waals surface area contributed by atoms with Crippen LogP contribution in [-0.2, 0) is 6.18 Å². The number of aliphatic hydroxyl groups is 1. The highest BCUT2D eigenvalue weighted by Gasteiger charge is 2.32. The number of furan rings is 1. The normalized spacial score (nSPS) is 13.0. The molecule has 8 heteroatoms. The first-order chi connectivity index (χ1) is 10.7. The van der Waals surface area contributed by atoms with E-state index in [4.69, 9.17) is 4.42 Å². The van der Waals surface area contributed by atoms with Gasteiger partial charge in [0, 0.05) is 18.3 Å². The van der Waals surface area contributed by atoms with Crippen LogP contribution in [0.15, 0.2) is 28.8 Å². The predicted octanol–water partition coefficient (Wildman–Crippen LogP) is 2.77. The number of amides is 1. The van der Waals surface area contributed by atoms with Crippen LogP contribution >= 0.6 is 0 Å². The van der Waals surface area contributed by atoms with Crippen LogP contribution < -0.4 is 5.32 Å². The van der Waals surface area contributed by atoms with Gasteiger partial charge in [0.1, 0.15) is 17.2 Å². The summed E-state index contributed by atoms with van der Waals surface area (Å²) in [6.45, 7) is 3.32. The second-order valence-corrected chi connectivity index (χ2v) is 5.02. The molecular formula is C15H15F3N2O3. The molecule has 2 rings (SSSR count). The third-order valence-corrected chi connectivity index (χ3v) is 3.21. The summed E-state index contributed by atoms with van der Waals surface area (Å²) in [5.74, 6) is 0.554. The van der Waals surface area contributed by atoms with Gasteiger partial charge in [-0.2, -0.15) is 13.2 Å². The van der Waals surface area contributed by atoms with Crippen molar-refractivity contribution in [1.82, 2.24) is 10.3 Å². The van der Waals surface area contributed by atoms with E-state index in [0.717, 1.165) is 18.3 Å². The van der Waals surface area contributed by atoms with Crippen LogP contribution in [0.2, 0.25) is 0 Å². The molecule has 0 fully saturated rings.